The van der Waals surface area contributed by atoms with Crippen molar-refractivity contribution >= 4 is 11.8 Å². The standard InChI is InChI=1S/C13H20N4O3/c1-13(2,3)20-12(18)17-4-5-19-10(8-17)11-15-6-9(14)7-16-11/h6-7,10H,4-5,8,14H2,1-3H3/t10-/m1/s1. The zero-order valence-electron chi connectivity index (χ0n) is 12.0. The Balaban J connectivity index is 2.01. The summed E-state index contributed by atoms with van der Waals surface area (Å²) in [6.07, 6.45) is 2.36. The van der Waals surface area contributed by atoms with Crippen molar-refractivity contribution < 1.29 is 14.3 Å². The molecule has 1 aromatic heterocycles. The molecule has 1 aliphatic heterocycles. The van der Waals surface area contributed by atoms with Crippen molar-refractivity contribution in [1.29, 1.82) is 0 Å². The van der Waals surface area contributed by atoms with Crippen LogP contribution in [0, 0.1) is 0 Å². The van der Waals surface area contributed by atoms with E-state index >= 15 is 0 Å². The average Bonchev–Trinajstić information content (AvgIpc) is 2.38. The maximum atomic E-state index is 12.0. The molecule has 0 saturated carbocycles. The highest BCUT2D eigenvalue weighted by molar-refractivity contribution is 5.68. The number of ether oxygens (including phenoxy) is 2. The number of rotatable bonds is 1. The molecular weight excluding hydrogens is 260 g/mol. The van der Waals surface area contributed by atoms with Crippen molar-refractivity contribution in [3.05, 3.63) is 18.2 Å². The zero-order valence-corrected chi connectivity index (χ0v) is 12.0. The van der Waals surface area contributed by atoms with Crippen LogP contribution >= 0.6 is 0 Å². The van der Waals surface area contributed by atoms with Crippen LogP contribution in [0.2, 0.25) is 0 Å². The van der Waals surface area contributed by atoms with E-state index in [0.717, 1.165) is 0 Å². The van der Waals surface area contributed by atoms with Gasteiger partial charge in [-0.15, -0.1) is 0 Å². The van der Waals surface area contributed by atoms with Gasteiger partial charge < -0.3 is 20.1 Å². The maximum absolute atomic E-state index is 12.0. The lowest BCUT2D eigenvalue weighted by Gasteiger charge is -2.33. The second-order valence-electron chi connectivity index (χ2n) is 5.66. The Labute approximate surface area is 118 Å². The van der Waals surface area contributed by atoms with Crippen molar-refractivity contribution in [2.24, 2.45) is 0 Å². The molecule has 0 aromatic carbocycles. The lowest BCUT2D eigenvalue weighted by Crippen LogP contribution is -2.45. The van der Waals surface area contributed by atoms with E-state index in [2.05, 4.69) is 9.97 Å². The molecule has 0 spiro atoms. The van der Waals surface area contributed by atoms with Crippen molar-refractivity contribution in [2.45, 2.75) is 32.5 Å². The molecule has 20 heavy (non-hydrogen) atoms. The molecule has 1 amide bonds. The summed E-state index contributed by atoms with van der Waals surface area (Å²) in [5.74, 6) is 0.521. The van der Waals surface area contributed by atoms with Gasteiger partial charge in [-0.1, -0.05) is 0 Å². The first-order valence-electron chi connectivity index (χ1n) is 6.52. The predicted molar refractivity (Wildman–Crippen MR) is 72.9 cm³/mol. The number of anilines is 1. The third-order valence-corrected chi connectivity index (χ3v) is 2.70. The molecule has 1 atom stereocenters. The summed E-state index contributed by atoms with van der Waals surface area (Å²) in [6.45, 7) is 6.82. The number of hydrogen-bond acceptors (Lipinski definition) is 6. The summed E-state index contributed by atoms with van der Waals surface area (Å²) in [6, 6.07) is 0. The monoisotopic (exact) mass is 280 g/mol. The topological polar surface area (TPSA) is 90.6 Å². The molecule has 110 valence electrons. The minimum absolute atomic E-state index is 0.346. The zero-order chi connectivity index (χ0) is 14.8. The van der Waals surface area contributed by atoms with Crippen LogP contribution in [0.3, 0.4) is 0 Å². The first-order chi connectivity index (χ1) is 9.35. The fourth-order valence-corrected chi connectivity index (χ4v) is 1.81. The highest BCUT2D eigenvalue weighted by atomic mass is 16.6. The van der Waals surface area contributed by atoms with Crippen molar-refractivity contribution in [1.82, 2.24) is 14.9 Å². The van der Waals surface area contributed by atoms with E-state index in [4.69, 9.17) is 15.2 Å². The molecule has 0 aliphatic carbocycles. The first-order valence-corrected chi connectivity index (χ1v) is 6.52. The quantitative estimate of drug-likeness (QED) is 0.835. The largest absolute Gasteiger partial charge is 0.444 e. The summed E-state index contributed by atoms with van der Waals surface area (Å²) in [7, 11) is 0. The van der Waals surface area contributed by atoms with Gasteiger partial charge >= 0.3 is 6.09 Å². The molecule has 2 N–H and O–H groups in total. The number of carbonyl (C=O) groups is 1. The normalized spacial score (nSPS) is 19.8. The van der Waals surface area contributed by atoms with Gasteiger partial charge in [-0.05, 0) is 20.8 Å². The van der Waals surface area contributed by atoms with Gasteiger partial charge in [0.15, 0.2) is 5.82 Å². The van der Waals surface area contributed by atoms with E-state index in [1.165, 1.54) is 12.4 Å². The molecule has 7 heteroatoms. The predicted octanol–water partition coefficient (Wildman–Crippen LogP) is 1.37. The molecule has 1 aromatic rings. The second kappa shape index (κ2) is 5.62. The van der Waals surface area contributed by atoms with Crippen LogP contribution < -0.4 is 5.73 Å². The van der Waals surface area contributed by atoms with Crippen molar-refractivity contribution in [3.63, 3.8) is 0 Å². The van der Waals surface area contributed by atoms with Gasteiger partial charge in [0.25, 0.3) is 0 Å². The number of aromatic nitrogens is 2. The number of hydrogen-bond donors (Lipinski definition) is 1. The van der Waals surface area contributed by atoms with Gasteiger partial charge in [0.2, 0.25) is 0 Å². The third-order valence-electron chi connectivity index (χ3n) is 2.70. The highest BCUT2D eigenvalue weighted by Gasteiger charge is 2.30. The van der Waals surface area contributed by atoms with E-state index in [-0.39, 0.29) is 12.2 Å². The van der Waals surface area contributed by atoms with Gasteiger partial charge in [0.05, 0.1) is 31.2 Å². The second-order valence-corrected chi connectivity index (χ2v) is 5.66. The fraction of sp³-hybridized carbons (Fsp3) is 0.615. The average molecular weight is 280 g/mol. The van der Waals surface area contributed by atoms with E-state index in [1.807, 2.05) is 20.8 Å². The molecule has 7 nitrogen and oxygen atoms in total. The minimum Gasteiger partial charge on any atom is -0.444 e. The molecule has 0 unspecified atom stereocenters. The SMILES string of the molecule is CC(C)(C)OC(=O)N1CCO[C@@H](c2ncc(N)cn2)C1. The minimum atomic E-state index is -0.511. The third kappa shape index (κ3) is 3.80. The van der Waals surface area contributed by atoms with Crippen LogP contribution in [0.1, 0.15) is 32.7 Å². The van der Waals surface area contributed by atoms with Gasteiger partial charge in [0, 0.05) is 6.54 Å². The number of carbonyl (C=O) groups excluding carboxylic acids is 1. The number of morpholine rings is 1. The Morgan fingerprint density at radius 1 is 1.45 bits per heavy atom. The molecular formula is C13H20N4O3. The summed E-state index contributed by atoms with van der Waals surface area (Å²) < 4.78 is 11.0. The molecule has 2 heterocycles. The number of amides is 1. The van der Waals surface area contributed by atoms with Gasteiger partial charge in [-0.25, -0.2) is 14.8 Å². The molecule has 0 bridgehead atoms. The number of nitrogen functional groups attached to an aromatic ring is 1. The molecule has 1 aliphatic rings. The summed E-state index contributed by atoms with van der Waals surface area (Å²) >= 11 is 0. The Kier molecular flexibility index (Phi) is 4.08. The lowest BCUT2D eigenvalue weighted by molar-refractivity contribution is -0.0462. The Morgan fingerprint density at radius 2 is 2.10 bits per heavy atom. The molecule has 1 saturated heterocycles. The van der Waals surface area contributed by atoms with E-state index < -0.39 is 5.60 Å². The molecule has 0 radical (unpaired) electrons. The van der Waals surface area contributed by atoms with Crippen molar-refractivity contribution in [2.75, 3.05) is 25.4 Å². The Hall–Kier alpha value is -1.89. The van der Waals surface area contributed by atoms with E-state index in [0.29, 0.717) is 31.2 Å². The Bertz CT molecular complexity index is 469. The van der Waals surface area contributed by atoms with E-state index in [1.54, 1.807) is 4.90 Å². The summed E-state index contributed by atoms with van der Waals surface area (Å²) in [5.41, 5.74) is 5.53. The van der Waals surface area contributed by atoms with Gasteiger partial charge in [0.1, 0.15) is 11.7 Å². The van der Waals surface area contributed by atoms with Crippen LogP contribution in [0.15, 0.2) is 12.4 Å². The molecule has 2 rings (SSSR count). The van der Waals surface area contributed by atoms with Crippen molar-refractivity contribution in [3.8, 4) is 0 Å². The number of nitrogens with two attached hydrogens (primary N) is 1. The van der Waals surface area contributed by atoms with Crippen LogP contribution in [0.5, 0.6) is 0 Å². The summed E-state index contributed by atoms with van der Waals surface area (Å²) in [4.78, 5) is 21.9. The lowest BCUT2D eigenvalue weighted by atomic mass is 10.2. The van der Waals surface area contributed by atoms with Crippen LogP contribution in [-0.4, -0.2) is 46.3 Å². The first kappa shape index (κ1) is 14.5. The van der Waals surface area contributed by atoms with E-state index in [9.17, 15) is 4.79 Å². The molecule has 1 fully saturated rings. The van der Waals surface area contributed by atoms with Gasteiger partial charge in [-0.2, -0.15) is 0 Å². The Morgan fingerprint density at radius 3 is 2.70 bits per heavy atom. The smallest absolute Gasteiger partial charge is 0.410 e. The van der Waals surface area contributed by atoms with Gasteiger partial charge in [-0.3, -0.25) is 0 Å². The maximum Gasteiger partial charge on any atom is 0.410 e. The van der Waals surface area contributed by atoms with Crippen LogP contribution in [0.4, 0.5) is 10.5 Å². The highest BCUT2D eigenvalue weighted by Crippen LogP contribution is 2.21. The number of nitrogens with zero attached hydrogens (tertiary/aromatic N) is 3. The summed E-state index contributed by atoms with van der Waals surface area (Å²) in [5, 5.41) is 0. The van der Waals surface area contributed by atoms with Crippen LogP contribution in [-0.2, 0) is 9.47 Å². The fourth-order valence-electron chi connectivity index (χ4n) is 1.81. The van der Waals surface area contributed by atoms with Crippen LogP contribution in [0.25, 0.3) is 0 Å².